The van der Waals surface area contributed by atoms with E-state index in [2.05, 4.69) is 9.88 Å². The molecule has 21 heavy (non-hydrogen) atoms. The number of hydrogen-bond acceptors (Lipinski definition) is 5. The minimum absolute atomic E-state index is 0.109. The van der Waals surface area contributed by atoms with Crippen molar-refractivity contribution in [3.05, 3.63) is 23.3 Å². The molecule has 1 aliphatic rings. The average Bonchev–Trinajstić information content (AvgIpc) is 2.91. The zero-order chi connectivity index (χ0) is 15.0. The second-order valence-electron chi connectivity index (χ2n) is 5.04. The lowest BCUT2D eigenvalue weighted by molar-refractivity contribution is -0.129. The highest BCUT2D eigenvalue weighted by atomic mass is 32.1. The van der Waals surface area contributed by atoms with Crippen LogP contribution in [0.3, 0.4) is 0 Å². The maximum atomic E-state index is 11.4. The number of aromatic nitrogens is 1. The molecule has 0 saturated carbocycles. The van der Waals surface area contributed by atoms with Gasteiger partial charge in [0.05, 0.1) is 21.5 Å². The van der Waals surface area contributed by atoms with Crippen LogP contribution >= 0.6 is 11.3 Å². The van der Waals surface area contributed by atoms with Crippen molar-refractivity contribution in [2.45, 2.75) is 6.92 Å². The number of thiophene rings is 1. The van der Waals surface area contributed by atoms with E-state index in [-0.39, 0.29) is 5.91 Å². The van der Waals surface area contributed by atoms with E-state index in [1.54, 1.807) is 13.1 Å². The Morgan fingerprint density at radius 2 is 1.95 bits per heavy atom. The van der Waals surface area contributed by atoms with Crippen LogP contribution in [0.4, 0.5) is 5.69 Å². The molecule has 2 N–H and O–H groups in total. The van der Waals surface area contributed by atoms with Crippen LogP contribution in [0.1, 0.15) is 16.6 Å². The smallest absolute Gasteiger partial charge is 0.258 e. The van der Waals surface area contributed by atoms with Crippen molar-refractivity contribution in [3.8, 4) is 0 Å². The molecule has 0 aliphatic carbocycles. The molecular weight excluding hydrogens is 288 g/mol. The van der Waals surface area contributed by atoms with Gasteiger partial charge in [-0.1, -0.05) is 0 Å². The molecule has 0 bridgehead atoms. The number of piperazine rings is 1. The molecule has 0 unspecified atom stereocenters. The highest BCUT2D eigenvalue weighted by Crippen LogP contribution is 2.32. The summed E-state index contributed by atoms with van der Waals surface area (Å²) in [4.78, 5) is 31.5. The van der Waals surface area contributed by atoms with Gasteiger partial charge in [-0.2, -0.15) is 0 Å². The quantitative estimate of drug-likeness (QED) is 0.900. The SMILES string of the molecule is CC(=O)N1CCN(c2cncc3sc(C(N)=O)cc23)CC1. The van der Waals surface area contributed by atoms with E-state index in [9.17, 15) is 9.59 Å². The number of nitrogens with two attached hydrogens (primary N) is 1. The van der Waals surface area contributed by atoms with Crippen LogP contribution in [-0.2, 0) is 4.79 Å². The first kappa shape index (κ1) is 13.8. The molecule has 6 nitrogen and oxygen atoms in total. The zero-order valence-corrected chi connectivity index (χ0v) is 12.5. The van der Waals surface area contributed by atoms with E-state index >= 15 is 0 Å². The third-order valence-corrected chi connectivity index (χ3v) is 4.82. The Bertz CT molecular complexity index is 704. The zero-order valence-electron chi connectivity index (χ0n) is 11.7. The summed E-state index contributed by atoms with van der Waals surface area (Å²) in [5, 5.41) is 1.00. The fourth-order valence-corrected chi connectivity index (χ4v) is 3.48. The molecule has 3 heterocycles. The Kier molecular flexibility index (Phi) is 3.50. The van der Waals surface area contributed by atoms with Crippen molar-refractivity contribution < 1.29 is 9.59 Å². The van der Waals surface area contributed by atoms with Gasteiger partial charge in [-0.3, -0.25) is 14.6 Å². The summed E-state index contributed by atoms with van der Waals surface area (Å²) < 4.78 is 0.954. The number of nitrogens with zero attached hydrogens (tertiary/aromatic N) is 3. The molecule has 2 amide bonds. The maximum absolute atomic E-state index is 11.4. The van der Waals surface area contributed by atoms with Crippen molar-refractivity contribution in [2.75, 3.05) is 31.1 Å². The summed E-state index contributed by atoms with van der Waals surface area (Å²) >= 11 is 1.36. The van der Waals surface area contributed by atoms with E-state index < -0.39 is 5.91 Å². The fraction of sp³-hybridized carbons (Fsp3) is 0.357. The lowest BCUT2D eigenvalue weighted by Crippen LogP contribution is -2.48. The number of carbonyl (C=O) groups excluding carboxylic acids is 2. The Labute approximate surface area is 126 Å². The van der Waals surface area contributed by atoms with Crippen LogP contribution in [0.25, 0.3) is 10.1 Å². The van der Waals surface area contributed by atoms with E-state index in [0.29, 0.717) is 18.0 Å². The van der Waals surface area contributed by atoms with Gasteiger partial charge in [0.15, 0.2) is 0 Å². The molecule has 110 valence electrons. The number of fused-ring (bicyclic) bond motifs is 1. The van der Waals surface area contributed by atoms with Gasteiger partial charge in [-0.15, -0.1) is 11.3 Å². The van der Waals surface area contributed by atoms with Crippen molar-refractivity contribution >= 4 is 38.9 Å². The van der Waals surface area contributed by atoms with Gasteiger partial charge in [0.1, 0.15) is 0 Å². The number of anilines is 1. The molecule has 0 aromatic carbocycles. The van der Waals surface area contributed by atoms with Gasteiger partial charge in [0.25, 0.3) is 5.91 Å². The van der Waals surface area contributed by atoms with Crippen LogP contribution in [-0.4, -0.2) is 47.9 Å². The number of carbonyl (C=O) groups is 2. The predicted octanol–water partition coefficient (Wildman–Crippen LogP) is 1.06. The van der Waals surface area contributed by atoms with Gasteiger partial charge >= 0.3 is 0 Å². The van der Waals surface area contributed by atoms with E-state index in [1.165, 1.54) is 11.3 Å². The Balaban J connectivity index is 1.90. The number of hydrogen-bond donors (Lipinski definition) is 1. The van der Waals surface area contributed by atoms with Crippen LogP contribution < -0.4 is 10.6 Å². The summed E-state index contributed by atoms with van der Waals surface area (Å²) in [6.07, 6.45) is 3.56. The third-order valence-electron chi connectivity index (χ3n) is 3.73. The molecule has 1 aliphatic heterocycles. The molecule has 0 atom stereocenters. The van der Waals surface area contributed by atoms with Gasteiger partial charge < -0.3 is 15.5 Å². The maximum Gasteiger partial charge on any atom is 0.258 e. The van der Waals surface area contributed by atoms with Gasteiger partial charge in [-0.25, -0.2) is 0 Å². The lowest BCUT2D eigenvalue weighted by Gasteiger charge is -2.35. The van der Waals surface area contributed by atoms with E-state index in [1.807, 2.05) is 17.2 Å². The summed E-state index contributed by atoms with van der Waals surface area (Å²) in [6.45, 7) is 4.54. The predicted molar refractivity (Wildman–Crippen MR) is 82.6 cm³/mol. The molecular formula is C14H16N4O2S. The van der Waals surface area contributed by atoms with E-state index in [0.717, 1.165) is 28.9 Å². The van der Waals surface area contributed by atoms with E-state index in [4.69, 9.17) is 5.73 Å². The molecule has 3 rings (SSSR count). The standard InChI is InChI=1S/C14H16N4O2S/c1-9(19)17-2-4-18(5-3-17)11-7-16-8-13-10(11)6-12(21-13)14(15)20/h6-8H,2-5H2,1H3,(H2,15,20). The summed E-state index contributed by atoms with van der Waals surface area (Å²) in [5.41, 5.74) is 6.35. The first-order valence-electron chi connectivity index (χ1n) is 6.74. The van der Waals surface area contributed by atoms with Crippen LogP contribution in [0, 0.1) is 0 Å². The summed E-state index contributed by atoms with van der Waals surface area (Å²) in [6, 6.07) is 1.83. The van der Waals surface area contributed by atoms with Crippen molar-refractivity contribution in [3.63, 3.8) is 0 Å². The second kappa shape index (κ2) is 5.33. The highest BCUT2D eigenvalue weighted by Gasteiger charge is 2.21. The normalized spacial score (nSPS) is 15.5. The lowest BCUT2D eigenvalue weighted by atomic mass is 10.2. The van der Waals surface area contributed by atoms with Crippen LogP contribution in [0.2, 0.25) is 0 Å². The Morgan fingerprint density at radius 1 is 1.24 bits per heavy atom. The van der Waals surface area contributed by atoms with Crippen molar-refractivity contribution in [1.29, 1.82) is 0 Å². The van der Waals surface area contributed by atoms with Crippen LogP contribution in [0.15, 0.2) is 18.5 Å². The third kappa shape index (κ3) is 2.56. The molecule has 0 spiro atoms. The van der Waals surface area contributed by atoms with Gasteiger partial charge in [-0.05, 0) is 6.07 Å². The van der Waals surface area contributed by atoms with Crippen molar-refractivity contribution in [2.24, 2.45) is 5.73 Å². The molecule has 1 fully saturated rings. The number of pyridine rings is 1. The first-order chi connectivity index (χ1) is 10.1. The molecule has 2 aromatic heterocycles. The van der Waals surface area contributed by atoms with Crippen LogP contribution in [0.5, 0.6) is 0 Å². The minimum atomic E-state index is -0.413. The number of rotatable bonds is 2. The Hall–Kier alpha value is -2.15. The number of amides is 2. The monoisotopic (exact) mass is 304 g/mol. The highest BCUT2D eigenvalue weighted by molar-refractivity contribution is 7.20. The minimum Gasteiger partial charge on any atom is -0.366 e. The fourth-order valence-electron chi connectivity index (χ4n) is 2.58. The topological polar surface area (TPSA) is 79.5 Å². The molecule has 7 heteroatoms. The molecule has 2 aromatic rings. The summed E-state index contributed by atoms with van der Waals surface area (Å²) in [7, 11) is 0. The second-order valence-corrected chi connectivity index (χ2v) is 6.12. The number of primary amides is 1. The summed E-state index contributed by atoms with van der Waals surface area (Å²) in [5.74, 6) is -0.305. The first-order valence-corrected chi connectivity index (χ1v) is 7.55. The van der Waals surface area contributed by atoms with Gasteiger partial charge in [0, 0.05) is 44.7 Å². The molecule has 1 saturated heterocycles. The Morgan fingerprint density at radius 3 is 2.57 bits per heavy atom. The average molecular weight is 304 g/mol. The molecule has 0 radical (unpaired) electrons. The van der Waals surface area contributed by atoms with Gasteiger partial charge in [0.2, 0.25) is 5.91 Å². The largest absolute Gasteiger partial charge is 0.366 e. The van der Waals surface area contributed by atoms with Crippen molar-refractivity contribution in [1.82, 2.24) is 9.88 Å².